The maximum atomic E-state index is 13.5. The number of benzene rings is 1. The summed E-state index contributed by atoms with van der Waals surface area (Å²) in [4.78, 5) is 24.4. The first-order valence-corrected chi connectivity index (χ1v) is 9.41. The van der Waals surface area contributed by atoms with Gasteiger partial charge < -0.3 is 4.74 Å². The van der Waals surface area contributed by atoms with Crippen LogP contribution in [0.3, 0.4) is 0 Å². The second-order valence-corrected chi connectivity index (χ2v) is 8.92. The van der Waals surface area contributed by atoms with Gasteiger partial charge in [0.05, 0.1) is 5.41 Å². The summed E-state index contributed by atoms with van der Waals surface area (Å²) >= 11 is 6.74. The molecule has 0 spiro atoms. The van der Waals surface area contributed by atoms with Gasteiger partial charge in [-0.25, -0.2) is 4.39 Å². The normalized spacial score (nSPS) is 34.4. The van der Waals surface area contributed by atoms with E-state index in [2.05, 4.69) is 10.9 Å². The lowest BCUT2D eigenvalue weighted by atomic mass is 9.49. The standard InChI is InChI=1S/C19H22ClFN2O3/c20-19-8-12-5-13(9-19)7-18(6-12,11-19)17(25)23-22-16(24)10-26-15-4-2-1-3-14(15)21/h1-4,12-13H,5-11H2,(H,22,24)(H,23,25)/t12-,13+,18?,19?. The Morgan fingerprint density at radius 3 is 2.50 bits per heavy atom. The number of alkyl halides is 1. The molecule has 2 N–H and O–H groups in total. The van der Waals surface area contributed by atoms with Crippen LogP contribution in [0.25, 0.3) is 0 Å². The van der Waals surface area contributed by atoms with E-state index in [1.54, 1.807) is 6.07 Å². The van der Waals surface area contributed by atoms with Gasteiger partial charge in [-0.05, 0) is 62.5 Å². The minimum Gasteiger partial charge on any atom is -0.481 e. The van der Waals surface area contributed by atoms with Gasteiger partial charge in [0, 0.05) is 4.87 Å². The summed E-state index contributed by atoms with van der Waals surface area (Å²) in [6.07, 6.45) is 5.48. The topological polar surface area (TPSA) is 67.4 Å². The highest BCUT2D eigenvalue weighted by atomic mass is 35.5. The van der Waals surface area contributed by atoms with Crippen molar-refractivity contribution in [1.82, 2.24) is 10.9 Å². The number of halogens is 2. The molecule has 4 aliphatic carbocycles. The first-order chi connectivity index (χ1) is 12.4. The number of carbonyl (C=O) groups is 2. The molecule has 4 bridgehead atoms. The van der Waals surface area contributed by atoms with Crippen LogP contribution in [-0.4, -0.2) is 23.3 Å². The molecule has 0 aromatic heterocycles. The summed E-state index contributed by atoms with van der Waals surface area (Å²) in [5.74, 6) is -0.244. The molecule has 4 atom stereocenters. The van der Waals surface area contributed by atoms with Crippen molar-refractivity contribution in [1.29, 1.82) is 0 Å². The molecule has 1 aromatic rings. The van der Waals surface area contributed by atoms with Crippen LogP contribution in [0.2, 0.25) is 0 Å². The quantitative estimate of drug-likeness (QED) is 0.623. The molecule has 2 unspecified atom stereocenters. The molecule has 26 heavy (non-hydrogen) atoms. The number of carbonyl (C=O) groups excluding carboxylic acids is 2. The van der Waals surface area contributed by atoms with Crippen LogP contribution in [0.4, 0.5) is 4.39 Å². The van der Waals surface area contributed by atoms with E-state index in [1.165, 1.54) is 18.2 Å². The molecule has 5 nitrogen and oxygen atoms in total. The summed E-state index contributed by atoms with van der Waals surface area (Å²) < 4.78 is 18.6. The predicted molar refractivity (Wildman–Crippen MR) is 93.9 cm³/mol. The first-order valence-electron chi connectivity index (χ1n) is 9.03. The molecular weight excluding hydrogens is 359 g/mol. The third-order valence-corrected chi connectivity index (χ3v) is 6.42. The Balaban J connectivity index is 1.31. The maximum Gasteiger partial charge on any atom is 0.276 e. The molecule has 1 aromatic carbocycles. The second kappa shape index (κ2) is 6.41. The Kier molecular flexibility index (Phi) is 4.34. The number of hydrogen-bond donors (Lipinski definition) is 2. The van der Waals surface area contributed by atoms with E-state index in [0.717, 1.165) is 32.1 Å². The zero-order chi connectivity index (χ0) is 18.4. The highest BCUT2D eigenvalue weighted by Gasteiger charge is 2.60. The van der Waals surface area contributed by atoms with Crippen molar-refractivity contribution in [3.8, 4) is 5.75 Å². The fraction of sp³-hybridized carbons (Fsp3) is 0.579. The summed E-state index contributed by atoms with van der Waals surface area (Å²) in [5.41, 5.74) is 4.44. The van der Waals surface area contributed by atoms with Crippen LogP contribution >= 0.6 is 11.6 Å². The molecule has 0 heterocycles. The summed E-state index contributed by atoms with van der Waals surface area (Å²) in [6.45, 7) is -0.376. The van der Waals surface area contributed by atoms with Gasteiger partial charge in [-0.1, -0.05) is 12.1 Å². The van der Waals surface area contributed by atoms with Crippen molar-refractivity contribution < 1.29 is 18.7 Å². The number of hydrazine groups is 1. The van der Waals surface area contributed by atoms with Crippen LogP contribution in [0.15, 0.2) is 24.3 Å². The van der Waals surface area contributed by atoms with Gasteiger partial charge in [0.25, 0.3) is 5.91 Å². The molecule has 4 fully saturated rings. The van der Waals surface area contributed by atoms with E-state index in [1.807, 2.05) is 0 Å². The highest BCUT2D eigenvalue weighted by molar-refractivity contribution is 6.24. The van der Waals surface area contributed by atoms with Crippen LogP contribution in [0, 0.1) is 23.1 Å². The van der Waals surface area contributed by atoms with Crippen LogP contribution < -0.4 is 15.6 Å². The number of nitrogens with one attached hydrogen (secondary N) is 2. The highest BCUT2D eigenvalue weighted by Crippen LogP contribution is 2.63. The lowest BCUT2D eigenvalue weighted by Crippen LogP contribution is -2.60. The summed E-state index contributed by atoms with van der Waals surface area (Å²) in [5, 5.41) is 0. The maximum absolute atomic E-state index is 13.5. The molecule has 4 aliphatic rings. The summed E-state index contributed by atoms with van der Waals surface area (Å²) in [7, 11) is 0. The van der Waals surface area contributed by atoms with Crippen molar-refractivity contribution in [2.24, 2.45) is 17.3 Å². The van der Waals surface area contributed by atoms with Crippen LogP contribution in [0.1, 0.15) is 38.5 Å². The smallest absolute Gasteiger partial charge is 0.276 e. The average Bonchev–Trinajstić information content (AvgIpc) is 2.56. The molecule has 0 saturated heterocycles. The molecular formula is C19H22ClFN2O3. The van der Waals surface area contributed by atoms with Crippen molar-refractivity contribution in [2.45, 2.75) is 43.4 Å². The Hall–Kier alpha value is -1.82. The number of rotatable bonds is 4. The van der Waals surface area contributed by atoms with Gasteiger partial charge in [0.1, 0.15) is 0 Å². The van der Waals surface area contributed by atoms with E-state index >= 15 is 0 Å². The molecule has 0 radical (unpaired) electrons. The lowest BCUT2D eigenvalue weighted by molar-refractivity contribution is -0.147. The average molecular weight is 381 g/mol. The zero-order valence-electron chi connectivity index (χ0n) is 14.4. The van der Waals surface area contributed by atoms with Crippen molar-refractivity contribution in [3.63, 3.8) is 0 Å². The van der Waals surface area contributed by atoms with E-state index < -0.39 is 17.1 Å². The van der Waals surface area contributed by atoms with Gasteiger partial charge in [-0.2, -0.15) is 0 Å². The van der Waals surface area contributed by atoms with Gasteiger partial charge in [-0.3, -0.25) is 20.4 Å². The summed E-state index contributed by atoms with van der Waals surface area (Å²) in [6, 6.07) is 5.85. The van der Waals surface area contributed by atoms with Crippen LogP contribution in [0.5, 0.6) is 5.75 Å². The number of para-hydroxylation sites is 1. The second-order valence-electron chi connectivity index (χ2n) is 8.11. The number of hydrogen-bond acceptors (Lipinski definition) is 3. The van der Waals surface area contributed by atoms with Crippen LogP contribution in [-0.2, 0) is 9.59 Å². The first kappa shape index (κ1) is 17.6. The van der Waals surface area contributed by atoms with Crippen molar-refractivity contribution >= 4 is 23.4 Å². The third kappa shape index (κ3) is 3.27. The van der Waals surface area contributed by atoms with E-state index in [0.29, 0.717) is 18.3 Å². The third-order valence-electron chi connectivity index (χ3n) is 5.98. The lowest BCUT2D eigenvalue weighted by Gasteiger charge is -2.59. The van der Waals surface area contributed by atoms with Gasteiger partial charge in [0.2, 0.25) is 5.91 Å². The largest absolute Gasteiger partial charge is 0.481 e. The van der Waals surface area contributed by atoms with Gasteiger partial charge >= 0.3 is 0 Å². The number of amides is 2. The molecule has 7 heteroatoms. The van der Waals surface area contributed by atoms with Gasteiger partial charge in [0.15, 0.2) is 18.2 Å². The van der Waals surface area contributed by atoms with Crippen molar-refractivity contribution in [3.05, 3.63) is 30.1 Å². The Labute approximate surface area is 156 Å². The molecule has 0 aliphatic heterocycles. The predicted octanol–water partition coefficient (Wildman–Crippen LogP) is 2.93. The van der Waals surface area contributed by atoms with Crippen molar-refractivity contribution in [2.75, 3.05) is 6.61 Å². The Bertz CT molecular complexity index is 727. The molecule has 5 rings (SSSR count). The molecule has 2 amide bonds. The van der Waals surface area contributed by atoms with E-state index in [4.69, 9.17) is 16.3 Å². The minimum atomic E-state index is -0.537. The van der Waals surface area contributed by atoms with E-state index in [-0.39, 0.29) is 23.1 Å². The SMILES string of the molecule is O=C(COc1ccccc1F)NNC(=O)C12C[C@@H]3C[C@@H](CC(Cl)(C3)C1)C2. The van der Waals surface area contributed by atoms with E-state index in [9.17, 15) is 14.0 Å². The minimum absolute atomic E-state index is 0.000794. The Morgan fingerprint density at radius 2 is 1.85 bits per heavy atom. The number of ether oxygens (including phenoxy) is 1. The fourth-order valence-corrected chi connectivity index (χ4v) is 6.11. The molecule has 140 valence electrons. The zero-order valence-corrected chi connectivity index (χ0v) is 15.2. The fourth-order valence-electron chi connectivity index (χ4n) is 5.42. The monoisotopic (exact) mass is 380 g/mol. The Morgan fingerprint density at radius 1 is 1.15 bits per heavy atom. The van der Waals surface area contributed by atoms with Gasteiger partial charge in [-0.15, -0.1) is 11.6 Å². The molecule has 4 saturated carbocycles.